The third-order valence-corrected chi connectivity index (χ3v) is 3.89. The van der Waals surface area contributed by atoms with E-state index in [1.165, 1.54) is 5.56 Å². The highest BCUT2D eigenvalue weighted by Gasteiger charge is 2.37. The van der Waals surface area contributed by atoms with E-state index in [4.69, 9.17) is 16.3 Å². The van der Waals surface area contributed by atoms with E-state index in [9.17, 15) is 0 Å². The van der Waals surface area contributed by atoms with Crippen LogP contribution in [0.5, 0.6) is 0 Å². The minimum Gasteiger partial charge on any atom is -0.374 e. The smallest absolute Gasteiger partial charge is 0.0822 e. The average molecular weight is 240 g/mol. The summed E-state index contributed by atoms with van der Waals surface area (Å²) in [6, 6.07) is 4.12. The van der Waals surface area contributed by atoms with Crippen molar-refractivity contribution in [3.05, 3.63) is 29.6 Å². The molecule has 0 saturated carbocycles. The second-order valence-corrected chi connectivity index (χ2v) is 5.29. The van der Waals surface area contributed by atoms with Crippen molar-refractivity contribution in [2.45, 2.75) is 44.1 Å². The topological polar surface area (TPSA) is 22.1 Å². The van der Waals surface area contributed by atoms with Crippen LogP contribution >= 0.6 is 11.6 Å². The SMILES string of the molecule is Cc1ccc(CC(Cl)C2(C)CCCO2)nc1. The van der Waals surface area contributed by atoms with Gasteiger partial charge in [-0.05, 0) is 38.3 Å². The Bertz CT molecular complexity index is 343. The molecule has 1 aromatic rings. The first-order chi connectivity index (χ1) is 7.60. The number of halogens is 1. The van der Waals surface area contributed by atoms with Crippen LogP contribution in [0, 0.1) is 6.92 Å². The number of nitrogens with zero attached hydrogens (tertiary/aromatic N) is 1. The molecule has 0 N–H and O–H groups in total. The summed E-state index contributed by atoms with van der Waals surface area (Å²) in [7, 11) is 0. The van der Waals surface area contributed by atoms with Gasteiger partial charge in [0.2, 0.25) is 0 Å². The van der Waals surface area contributed by atoms with Crippen LogP contribution in [0.3, 0.4) is 0 Å². The van der Waals surface area contributed by atoms with Crippen molar-refractivity contribution < 1.29 is 4.74 Å². The van der Waals surface area contributed by atoms with Crippen LogP contribution in [-0.2, 0) is 11.2 Å². The molecular weight excluding hydrogens is 222 g/mol. The van der Waals surface area contributed by atoms with Crippen molar-refractivity contribution in [2.75, 3.05) is 6.61 Å². The Hall–Kier alpha value is -0.600. The number of hydrogen-bond donors (Lipinski definition) is 0. The molecule has 1 aliphatic heterocycles. The second kappa shape index (κ2) is 4.72. The maximum Gasteiger partial charge on any atom is 0.0822 e. The lowest BCUT2D eigenvalue weighted by Crippen LogP contribution is -2.36. The molecule has 0 radical (unpaired) electrons. The van der Waals surface area contributed by atoms with Gasteiger partial charge in [0.25, 0.3) is 0 Å². The third-order valence-electron chi connectivity index (χ3n) is 3.27. The first-order valence-electron chi connectivity index (χ1n) is 5.80. The molecular formula is C13H18ClNO. The van der Waals surface area contributed by atoms with Crippen LogP contribution in [0.25, 0.3) is 0 Å². The van der Waals surface area contributed by atoms with Crippen molar-refractivity contribution in [3.63, 3.8) is 0 Å². The molecule has 0 aromatic carbocycles. The Morgan fingerprint density at radius 2 is 2.38 bits per heavy atom. The van der Waals surface area contributed by atoms with Crippen LogP contribution in [0.1, 0.15) is 31.0 Å². The van der Waals surface area contributed by atoms with Gasteiger partial charge in [0.15, 0.2) is 0 Å². The van der Waals surface area contributed by atoms with Crippen LogP contribution in [0.15, 0.2) is 18.3 Å². The molecule has 2 rings (SSSR count). The van der Waals surface area contributed by atoms with E-state index < -0.39 is 0 Å². The lowest BCUT2D eigenvalue weighted by molar-refractivity contribution is 0.0167. The fraction of sp³-hybridized carbons (Fsp3) is 0.615. The molecule has 88 valence electrons. The van der Waals surface area contributed by atoms with E-state index in [0.717, 1.165) is 31.6 Å². The molecule has 1 fully saturated rings. The van der Waals surface area contributed by atoms with E-state index in [0.29, 0.717) is 0 Å². The van der Waals surface area contributed by atoms with E-state index in [1.54, 1.807) is 0 Å². The van der Waals surface area contributed by atoms with Crippen LogP contribution in [0.2, 0.25) is 0 Å². The number of rotatable bonds is 3. The molecule has 0 bridgehead atoms. The molecule has 0 spiro atoms. The average Bonchev–Trinajstić information content (AvgIpc) is 2.70. The normalized spacial score (nSPS) is 26.9. The van der Waals surface area contributed by atoms with E-state index in [-0.39, 0.29) is 11.0 Å². The fourth-order valence-corrected chi connectivity index (χ4v) is 2.40. The van der Waals surface area contributed by atoms with Crippen molar-refractivity contribution in [3.8, 4) is 0 Å². The van der Waals surface area contributed by atoms with Gasteiger partial charge in [0.1, 0.15) is 0 Å². The van der Waals surface area contributed by atoms with Gasteiger partial charge in [0.05, 0.1) is 11.0 Å². The van der Waals surface area contributed by atoms with Crippen LogP contribution in [0.4, 0.5) is 0 Å². The number of aryl methyl sites for hydroxylation is 1. The van der Waals surface area contributed by atoms with E-state index in [1.807, 2.05) is 19.2 Å². The Balaban J connectivity index is 2.01. The number of aromatic nitrogens is 1. The zero-order valence-corrected chi connectivity index (χ0v) is 10.6. The Morgan fingerprint density at radius 3 is 2.94 bits per heavy atom. The third kappa shape index (κ3) is 2.55. The summed E-state index contributed by atoms with van der Waals surface area (Å²) in [5.74, 6) is 0. The molecule has 2 nitrogen and oxygen atoms in total. The van der Waals surface area contributed by atoms with Crippen molar-refractivity contribution in [2.24, 2.45) is 0 Å². The second-order valence-electron chi connectivity index (χ2n) is 4.76. The first kappa shape index (κ1) is 11.9. The standard InChI is InChI=1S/C13H18ClNO/c1-10-4-5-11(15-9-10)8-12(14)13(2)6-3-7-16-13/h4-5,9,12H,3,6-8H2,1-2H3. The highest BCUT2D eigenvalue weighted by Crippen LogP contribution is 2.33. The van der Waals surface area contributed by atoms with Gasteiger partial charge in [-0.1, -0.05) is 6.07 Å². The summed E-state index contributed by atoms with van der Waals surface area (Å²) in [5.41, 5.74) is 2.05. The maximum absolute atomic E-state index is 6.44. The lowest BCUT2D eigenvalue weighted by atomic mass is 9.95. The number of hydrogen-bond acceptors (Lipinski definition) is 2. The van der Waals surface area contributed by atoms with E-state index in [2.05, 4.69) is 18.0 Å². The van der Waals surface area contributed by atoms with Crippen molar-refractivity contribution in [1.29, 1.82) is 0 Å². The minimum atomic E-state index is -0.172. The highest BCUT2D eigenvalue weighted by atomic mass is 35.5. The predicted molar refractivity (Wildman–Crippen MR) is 65.9 cm³/mol. The molecule has 2 heterocycles. The number of ether oxygens (including phenoxy) is 1. The molecule has 2 atom stereocenters. The molecule has 3 heteroatoms. The van der Waals surface area contributed by atoms with Gasteiger partial charge in [-0.3, -0.25) is 4.98 Å². The quantitative estimate of drug-likeness (QED) is 0.757. The molecule has 0 aliphatic carbocycles. The predicted octanol–water partition coefficient (Wildman–Crippen LogP) is 3.11. The number of alkyl halides is 1. The van der Waals surface area contributed by atoms with Crippen LogP contribution < -0.4 is 0 Å². The van der Waals surface area contributed by atoms with Gasteiger partial charge >= 0.3 is 0 Å². The molecule has 16 heavy (non-hydrogen) atoms. The van der Waals surface area contributed by atoms with Crippen LogP contribution in [-0.4, -0.2) is 22.6 Å². The molecule has 1 saturated heterocycles. The Kier molecular flexibility index (Phi) is 3.50. The summed E-state index contributed by atoms with van der Waals surface area (Å²) in [6.45, 7) is 4.98. The van der Waals surface area contributed by atoms with Gasteiger partial charge in [-0.2, -0.15) is 0 Å². The largest absolute Gasteiger partial charge is 0.374 e. The molecule has 1 aromatic heterocycles. The number of pyridine rings is 1. The molecule has 1 aliphatic rings. The zero-order chi connectivity index (χ0) is 11.6. The zero-order valence-electron chi connectivity index (χ0n) is 9.87. The van der Waals surface area contributed by atoms with Crippen molar-refractivity contribution in [1.82, 2.24) is 4.98 Å². The highest BCUT2D eigenvalue weighted by molar-refractivity contribution is 6.21. The maximum atomic E-state index is 6.44. The summed E-state index contributed by atoms with van der Waals surface area (Å²) in [6.07, 6.45) is 4.82. The van der Waals surface area contributed by atoms with Gasteiger partial charge in [-0.25, -0.2) is 0 Å². The Morgan fingerprint density at radius 1 is 1.56 bits per heavy atom. The lowest BCUT2D eigenvalue weighted by Gasteiger charge is -2.28. The summed E-state index contributed by atoms with van der Waals surface area (Å²) in [5, 5.41) is 0.00482. The van der Waals surface area contributed by atoms with Gasteiger partial charge < -0.3 is 4.74 Å². The minimum absolute atomic E-state index is 0.00482. The molecule has 0 amide bonds. The first-order valence-corrected chi connectivity index (χ1v) is 6.23. The van der Waals surface area contributed by atoms with Crippen molar-refractivity contribution >= 4 is 11.6 Å². The summed E-state index contributed by atoms with van der Waals surface area (Å²) in [4.78, 5) is 4.38. The summed E-state index contributed by atoms with van der Waals surface area (Å²) >= 11 is 6.44. The monoisotopic (exact) mass is 239 g/mol. The Labute approximate surface area is 102 Å². The van der Waals surface area contributed by atoms with E-state index >= 15 is 0 Å². The van der Waals surface area contributed by atoms with Gasteiger partial charge in [0, 0.05) is 24.9 Å². The van der Waals surface area contributed by atoms with Gasteiger partial charge in [-0.15, -0.1) is 11.6 Å². The fourth-order valence-electron chi connectivity index (χ4n) is 2.07. The molecule has 2 unspecified atom stereocenters. The summed E-state index contributed by atoms with van der Waals surface area (Å²) < 4.78 is 5.74.